The predicted octanol–water partition coefficient (Wildman–Crippen LogP) is -1.12. The highest BCUT2D eigenvalue weighted by Crippen LogP contribution is 2.42. The molecule has 1 fully saturated rings. The number of hydrogen-bond acceptors (Lipinski definition) is 8. The topological polar surface area (TPSA) is 130 Å². The molecule has 0 bridgehead atoms. The third kappa shape index (κ3) is 1.92. The Kier molecular flexibility index (Phi) is 3.24. The molecule has 0 aliphatic carbocycles. The lowest BCUT2D eigenvalue weighted by Crippen LogP contribution is -2.32. The van der Waals surface area contributed by atoms with Crippen LogP contribution in [0.25, 0.3) is 11.2 Å². The molecule has 8 nitrogen and oxygen atoms in total. The Balaban J connectivity index is 2.07. The number of imidazole rings is 1. The third-order valence-corrected chi connectivity index (χ3v) is 4.77. The first-order valence-electron chi connectivity index (χ1n) is 5.81. The second-order valence-corrected chi connectivity index (χ2v) is 5.79. The number of rotatable bonds is 2. The number of nitrogens with zero attached hydrogens (tertiary/aromatic N) is 4. The van der Waals surface area contributed by atoms with E-state index in [2.05, 4.69) is 15.0 Å². The summed E-state index contributed by atoms with van der Waals surface area (Å²) in [5.74, 6) is -0.0945. The quantitative estimate of drug-likeness (QED) is 0.513. The van der Waals surface area contributed by atoms with Crippen molar-refractivity contribution in [3.05, 3.63) is 12.4 Å². The fourth-order valence-corrected chi connectivity index (χ4v) is 3.58. The van der Waals surface area contributed by atoms with Gasteiger partial charge in [-0.05, 0) is 0 Å². The molecule has 2 aromatic heterocycles. The molecule has 4 atom stereocenters. The minimum Gasteiger partial charge on any atom is -0.395 e. The highest BCUT2D eigenvalue weighted by molar-refractivity contribution is 8.00. The molecule has 2 aromatic rings. The number of aliphatic hydroxyl groups is 3. The Hall–Kier alpha value is -1.49. The molecule has 1 aliphatic rings. The molecular formula is C10H12FN5O3S. The molecule has 1 aliphatic heterocycles. The van der Waals surface area contributed by atoms with Crippen LogP contribution in [-0.4, -0.2) is 58.9 Å². The van der Waals surface area contributed by atoms with E-state index < -0.39 is 28.9 Å². The van der Waals surface area contributed by atoms with Crippen molar-refractivity contribution < 1.29 is 19.7 Å². The highest BCUT2D eigenvalue weighted by atomic mass is 32.2. The van der Waals surface area contributed by atoms with Gasteiger partial charge in [0, 0.05) is 0 Å². The third-order valence-electron chi connectivity index (χ3n) is 3.21. The molecule has 5 N–H and O–H groups in total. The van der Waals surface area contributed by atoms with Crippen LogP contribution in [0.5, 0.6) is 0 Å². The van der Waals surface area contributed by atoms with Gasteiger partial charge in [0.15, 0.2) is 11.5 Å². The molecule has 0 amide bonds. The lowest BCUT2D eigenvalue weighted by atomic mass is 10.1. The lowest BCUT2D eigenvalue weighted by Gasteiger charge is -2.16. The van der Waals surface area contributed by atoms with Crippen molar-refractivity contribution in [3.63, 3.8) is 0 Å². The average Bonchev–Trinajstić information content (AvgIpc) is 2.93. The summed E-state index contributed by atoms with van der Waals surface area (Å²) in [5.41, 5.74) is 5.92. The fourth-order valence-electron chi connectivity index (χ4n) is 2.21. The summed E-state index contributed by atoms with van der Waals surface area (Å²) in [4.78, 5) is 11.0. The minimum absolute atomic E-state index is 0.0945. The fraction of sp³-hybridized carbons (Fsp3) is 0.500. The van der Waals surface area contributed by atoms with E-state index in [-0.39, 0.29) is 23.6 Å². The first kappa shape index (κ1) is 13.5. The highest BCUT2D eigenvalue weighted by Gasteiger charge is 2.43. The zero-order valence-electron chi connectivity index (χ0n) is 10.1. The van der Waals surface area contributed by atoms with Crippen molar-refractivity contribution in [2.45, 2.75) is 22.8 Å². The van der Waals surface area contributed by atoms with Crippen LogP contribution in [0.15, 0.2) is 6.33 Å². The van der Waals surface area contributed by atoms with Gasteiger partial charge in [0.2, 0.25) is 0 Å². The molecule has 0 spiro atoms. The molecule has 3 rings (SSSR count). The number of halogens is 1. The van der Waals surface area contributed by atoms with Crippen molar-refractivity contribution in [1.82, 2.24) is 19.5 Å². The van der Waals surface area contributed by atoms with Crippen LogP contribution in [0, 0.1) is 6.08 Å². The standard InChI is InChI=1S/C10H12FN5O3S/c11-10-14-7(12)4-8(15-10)16(2-13-4)9-6(19)5(18)3(1-17)20-9/h2-3,5-6,9,17-19H,1H2,(H2,12,14,15). The zero-order valence-corrected chi connectivity index (χ0v) is 10.9. The maximum atomic E-state index is 13.3. The van der Waals surface area contributed by atoms with Gasteiger partial charge < -0.3 is 21.1 Å². The van der Waals surface area contributed by atoms with Crippen molar-refractivity contribution in [2.24, 2.45) is 0 Å². The van der Waals surface area contributed by atoms with Crippen LogP contribution in [0.4, 0.5) is 10.2 Å². The van der Waals surface area contributed by atoms with Gasteiger partial charge in [0.05, 0.1) is 24.3 Å². The van der Waals surface area contributed by atoms with Gasteiger partial charge in [0.25, 0.3) is 0 Å². The number of aliphatic hydroxyl groups excluding tert-OH is 3. The predicted molar refractivity (Wildman–Crippen MR) is 69.2 cm³/mol. The SMILES string of the molecule is Nc1nc(F)nc2c1ncn2C1SC(CO)C(O)C1O. The van der Waals surface area contributed by atoms with Crippen molar-refractivity contribution in [2.75, 3.05) is 12.3 Å². The van der Waals surface area contributed by atoms with Gasteiger partial charge in [-0.3, -0.25) is 4.57 Å². The molecular weight excluding hydrogens is 289 g/mol. The van der Waals surface area contributed by atoms with E-state index in [1.807, 2.05) is 0 Å². The first-order valence-corrected chi connectivity index (χ1v) is 6.75. The van der Waals surface area contributed by atoms with E-state index in [0.717, 1.165) is 11.8 Å². The van der Waals surface area contributed by atoms with E-state index in [4.69, 9.17) is 10.8 Å². The average molecular weight is 301 g/mol. The molecule has 20 heavy (non-hydrogen) atoms. The normalized spacial score (nSPS) is 30.2. The number of nitrogen functional groups attached to an aromatic ring is 1. The maximum absolute atomic E-state index is 13.3. The summed E-state index contributed by atoms with van der Waals surface area (Å²) in [6.07, 6.45) is -1.86. The Morgan fingerprint density at radius 2 is 2.10 bits per heavy atom. The Labute approximate surface area is 116 Å². The summed E-state index contributed by atoms with van der Waals surface area (Å²) in [6, 6.07) is 0. The van der Waals surface area contributed by atoms with Crippen molar-refractivity contribution in [3.8, 4) is 0 Å². The van der Waals surface area contributed by atoms with E-state index in [1.165, 1.54) is 10.9 Å². The Morgan fingerprint density at radius 1 is 1.35 bits per heavy atom. The van der Waals surface area contributed by atoms with Crippen molar-refractivity contribution >= 4 is 28.7 Å². The molecule has 4 unspecified atom stereocenters. The van der Waals surface area contributed by atoms with Crippen LogP contribution in [0.3, 0.4) is 0 Å². The first-order chi connectivity index (χ1) is 9.52. The van der Waals surface area contributed by atoms with Crippen LogP contribution in [0.2, 0.25) is 0 Å². The van der Waals surface area contributed by atoms with E-state index in [9.17, 15) is 14.6 Å². The summed E-state index contributed by atoms with van der Waals surface area (Å²) >= 11 is 1.16. The molecule has 3 heterocycles. The van der Waals surface area contributed by atoms with Gasteiger partial charge >= 0.3 is 6.08 Å². The van der Waals surface area contributed by atoms with Crippen molar-refractivity contribution in [1.29, 1.82) is 0 Å². The van der Waals surface area contributed by atoms with E-state index in [1.54, 1.807) is 0 Å². The summed E-state index contributed by atoms with van der Waals surface area (Å²) < 4.78 is 14.7. The largest absolute Gasteiger partial charge is 0.395 e. The van der Waals surface area contributed by atoms with E-state index >= 15 is 0 Å². The van der Waals surface area contributed by atoms with E-state index in [0.29, 0.717) is 0 Å². The van der Waals surface area contributed by atoms with Gasteiger partial charge in [0.1, 0.15) is 17.0 Å². The number of hydrogen-bond donors (Lipinski definition) is 4. The monoisotopic (exact) mass is 301 g/mol. The van der Waals surface area contributed by atoms with Crippen LogP contribution in [-0.2, 0) is 0 Å². The summed E-state index contributed by atoms with van der Waals surface area (Å²) in [5, 5.41) is 27.8. The smallest absolute Gasteiger partial charge is 0.312 e. The van der Waals surface area contributed by atoms with Crippen LogP contribution < -0.4 is 5.73 Å². The second-order valence-electron chi connectivity index (χ2n) is 4.43. The van der Waals surface area contributed by atoms with Gasteiger partial charge in [-0.1, -0.05) is 0 Å². The van der Waals surface area contributed by atoms with Gasteiger partial charge in [-0.25, -0.2) is 4.98 Å². The van der Waals surface area contributed by atoms with Gasteiger partial charge in [-0.2, -0.15) is 14.4 Å². The summed E-state index contributed by atoms with van der Waals surface area (Å²) in [6.45, 7) is -0.280. The molecule has 10 heteroatoms. The summed E-state index contributed by atoms with van der Waals surface area (Å²) in [7, 11) is 0. The number of aromatic nitrogens is 4. The minimum atomic E-state index is -1.13. The van der Waals surface area contributed by atoms with Crippen LogP contribution in [0.1, 0.15) is 5.37 Å². The Bertz CT molecular complexity index is 653. The Morgan fingerprint density at radius 3 is 2.75 bits per heavy atom. The molecule has 0 aromatic carbocycles. The molecule has 1 saturated heterocycles. The van der Waals surface area contributed by atoms with Gasteiger partial charge in [-0.15, -0.1) is 11.8 Å². The number of anilines is 1. The maximum Gasteiger partial charge on any atom is 0.312 e. The number of fused-ring (bicyclic) bond motifs is 1. The molecule has 0 saturated carbocycles. The second kappa shape index (κ2) is 4.81. The molecule has 0 radical (unpaired) electrons. The van der Waals surface area contributed by atoms with Crippen LogP contribution >= 0.6 is 11.8 Å². The molecule has 108 valence electrons. The lowest BCUT2D eigenvalue weighted by molar-refractivity contribution is 0.0113. The number of nitrogens with two attached hydrogens (primary N) is 1. The zero-order chi connectivity index (χ0) is 14.4. The number of thioether (sulfide) groups is 1.